The summed E-state index contributed by atoms with van der Waals surface area (Å²) in [5.74, 6) is -2.17. The summed E-state index contributed by atoms with van der Waals surface area (Å²) in [5.41, 5.74) is -1.52. The summed E-state index contributed by atoms with van der Waals surface area (Å²) in [6.45, 7) is 5.50. The maximum Gasteiger partial charge on any atom is 0.334 e. The number of carbonyl (C=O) groups is 2. The third-order valence-corrected chi connectivity index (χ3v) is 7.69. The maximum atomic E-state index is 12.5. The number of nitro groups is 1. The van der Waals surface area contributed by atoms with Crippen molar-refractivity contribution in [3.05, 3.63) is 86.2 Å². The Kier molecular flexibility index (Phi) is 11.1. The summed E-state index contributed by atoms with van der Waals surface area (Å²) in [6, 6.07) is 12.5. The second-order valence-corrected chi connectivity index (χ2v) is 10.5. The number of para-hydroxylation sites is 1. The molecule has 2 aromatic rings. The van der Waals surface area contributed by atoms with E-state index in [2.05, 4.69) is 5.32 Å². The molecule has 3 rings (SSSR count). The number of aliphatic hydroxyl groups is 1. The van der Waals surface area contributed by atoms with Crippen molar-refractivity contribution in [1.29, 1.82) is 5.26 Å². The van der Waals surface area contributed by atoms with Gasteiger partial charge in [-0.1, -0.05) is 12.1 Å². The van der Waals surface area contributed by atoms with E-state index in [1.165, 1.54) is 30.0 Å². The number of aliphatic carboxylic acids is 2. The van der Waals surface area contributed by atoms with Gasteiger partial charge in [0, 0.05) is 42.7 Å². The molecular weight excluding hydrogens is 572 g/mol. The third kappa shape index (κ3) is 7.16. The van der Waals surface area contributed by atoms with E-state index >= 15 is 0 Å². The Bertz CT molecular complexity index is 1490. The van der Waals surface area contributed by atoms with Crippen molar-refractivity contribution in [2.45, 2.75) is 45.1 Å². The van der Waals surface area contributed by atoms with Gasteiger partial charge in [0.05, 0.1) is 33.7 Å². The molecule has 1 aliphatic heterocycles. The molecule has 0 amide bonds. The normalized spacial score (nSPS) is 15.0. The number of nitriles is 1. The lowest BCUT2D eigenvalue weighted by Crippen LogP contribution is -2.43. The summed E-state index contributed by atoms with van der Waals surface area (Å²) in [7, 11) is 1.56. The highest BCUT2D eigenvalue weighted by Gasteiger charge is 2.50. The van der Waals surface area contributed by atoms with Crippen LogP contribution in [0.1, 0.15) is 44.7 Å². The van der Waals surface area contributed by atoms with E-state index in [9.17, 15) is 35.0 Å². The molecule has 0 saturated carbocycles. The van der Waals surface area contributed by atoms with Gasteiger partial charge in [-0.3, -0.25) is 10.1 Å². The lowest BCUT2D eigenvalue weighted by molar-refractivity contribution is -0.385. The Morgan fingerprint density at radius 2 is 1.70 bits per heavy atom. The number of carboxylic acids is 2. The first-order chi connectivity index (χ1) is 20.8. The van der Waals surface area contributed by atoms with Crippen LogP contribution in [-0.4, -0.2) is 76.5 Å². The van der Waals surface area contributed by atoms with Crippen LogP contribution in [0.15, 0.2) is 65.0 Å². The highest BCUT2D eigenvalue weighted by molar-refractivity contribution is 6.00. The van der Waals surface area contributed by atoms with Gasteiger partial charge < -0.3 is 35.0 Å². The number of benzene rings is 2. The number of nitrogens with one attached hydrogen (secondary N) is 1. The molecule has 0 spiro atoms. The lowest BCUT2D eigenvalue weighted by Gasteiger charge is -2.42. The van der Waals surface area contributed by atoms with Gasteiger partial charge in [-0.2, -0.15) is 5.26 Å². The van der Waals surface area contributed by atoms with E-state index in [-0.39, 0.29) is 47.9 Å². The summed E-state index contributed by atoms with van der Waals surface area (Å²) >= 11 is 0. The minimum atomic E-state index is -1.77. The lowest BCUT2D eigenvalue weighted by atomic mass is 9.66. The molecule has 1 heterocycles. The summed E-state index contributed by atoms with van der Waals surface area (Å²) in [4.78, 5) is 37.6. The van der Waals surface area contributed by atoms with Gasteiger partial charge in [0.15, 0.2) is 0 Å². The molecule has 13 nitrogen and oxygen atoms in total. The Morgan fingerprint density at radius 1 is 1.07 bits per heavy atom. The minimum absolute atomic E-state index is 0.00475. The fourth-order valence-corrected chi connectivity index (χ4v) is 5.32. The van der Waals surface area contributed by atoms with Crippen molar-refractivity contribution in [1.82, 2.24) is 10.2 Å². The molecule has 0 fully saturated rings. The van der Waals surface area contributed by atoms with Crippen molar-refractivity contribution in [3.8, 4) is 17.6 Å². The fraction of sp³-hybridized carbons (Fsp3) is 0.387. The number of nitro benzene ring substituents is 1. The molecule has 234 valence electrons. The van der Waals surface area contributed by atoms with Crippen LogP contribution in [0.4, 0.5) is 5.69 Å². The van der Waals surface area contributed by atoms with Crippen LogP contribution in [0.5, 0.6) is 11.5 Å². The highest BCUT2D eigenvalue weighted by atomic mass is 16.6. The van der Waals surface area contributed by atoms with Crippen molar-refractivity contribution < 1.29 is 39.3 Å². The van der Waals surface area contributed by atoms with Gasteiger partial charge in [-0.05, 0) is 58.4 Å². The van der Waals surface area contributed by atoms with Crippen molar-refractivity contribution in [2.24, 2.45) is 0 Å². The third-order valence-electron chi connectivity index (χ3n) is 7.69. The number of allylic oxidation sites excluding steroid dienone is 2. The average Bonchev–Trinajstić information content (AvgIpc) is 2.98. The van der Waals surface area contributed by atoms with E-state index in [0.717, 1.165) is 0 Å². The first kappa shape index (κ1) is 33.6. The van der Waals surface area contributed by atoms with E-state index < -0.39 is 28.4 Å². The second kappa shape index (κ2) is 14.5. The topological polar surface area (TPSA) is 195 Å². The maximum absolute atomic E-state index is 12.5. The molecule has 0 aliphatic carbocycles. The van der Waals surface area contributed by atoms with Crippen LogP contribution in [0.3, 0.4) is 0 Å². The van der Waals surface area contributed by atoms with Crippen LogP contribution < -0.4 is 14.8 Å². The van der Waals surface area contributed by atoms with Crippen molar-refractivity contribution in [3.63, 3.8) is 0 Å². The van der Waals surface area contributed by atoms with E-state index in [4.69, 9.17) is 14.7 Å². The number of unbranched alkanes of at least 4 members (excludes halogenated alkanes) is 1. The summed E-state index contributed by atoms with van der Waals surface area (Å²) in [5, 5.41) is 54.5. The number of ether oxygens (including phenoxy) is 2. The number of carboxylic acid groups (broad SMARTS) is 2. The van der Waals surface area contributed by atoms with E-state index in [0.29, 0.717) is 42.1 Å². The summed E-state index contributed by atoms with van der Waals surface area (Å²) in [6.07, 6.45) is 0.358. The quantitative estimate of drug-likeness (QED) is 0.131. The van der Waals surface area contributed by atoms with Crippen LogP contribution in [0.2, 0.25) is 0 Å². The van der Waals surface area contributed by atoms with Crippen molar-refractivity contribution in [2.75, 3.05) is 33.4 Å². The molecule has 13 heteroatoms. The molecule has 0 bridgehead atoms. The molecule has 2 aromatic carbocycles. The zero-order valence-electron chi connectivity index (χ0n) is 25.0. The first-order valence-electron chi connectivity index (χ1n) is 13.9. The van der Waals surface area contributed by atoms with Gasteiger partial charge in [0.25, 0.3) is 5.69 Å². The molecule has 0 aromatic heterocycles. The standard InChI is InChI=1S/C31H36N4O9/c1-19-27(29(37)38)31(3,28(30(39)40)20(2)34(19)4)24-15-22(35(41)42)11-12-26(24)43-14-8-7-13-33-17-23(36)18-44-25-10-6-5-9-21(25)16-32/h5-6,9-12,15,23,33,36H,7-8,13-14,17-18H2,1-4H3,(H,37,38)(H,39,40). The average molecular weight is 609 g/mol. The van der Waals surface area contributed by atoms with Gasteiger partial charge in [-0.15, -0.1) is 0 Å². The number of non-ortho nitro benzene ring substituents is 1. The Morgan fingerprint density at radius 3 is 2.30 bits per heavy atom. The number of rotatable bonds is 15. The molecular formula is C31H36N4O9. The predicted octanol–water partition coefficient (Wildman–Crippen LogP) is 3.58. The monoisotopic (exact) mass is 608 g/mol. The molecule has 4 N–H and O–H groups in total. The number of aliphatic hydroxyl groups excluding tert-OH is 1. The molecule has 0 radical (unpaired) electrons. The highest BCUT2D eigenvalue weighted by Crippen LogP contribution is 2.50. The zero-order valence-corrected chi connectivity index (χ0v) is 25.0. The number of hydrogen-bond acceptors (Lipinski definition) is 10. The smallest absolute Gasteiger partial charge is 0.334 e. The van der Waals surface area contributed by atoms with Crippen LogP contribution in [0, 0.1) is 21.4 Å². The minimum Gasteiger partial charge on any atom is -0.493 e. The van der Waals surface area contributed by atoms with Gasteiger partial charge in [-0.25, -0.2) is 9.59 Å². The Hall–Kier alpha value is -4.93. The first-order valence-corrected chi connectivity index (χ1v) is 13.9. The van der Waals surface area contributed by atoms with Gasteiger partial charge in [0.2, 0.25) is 0 Å². The van der Waals surface area contributed by atoms with Gasteiger partial charge in [0.1, 0.15) is 30.3 Å². The molecule has 0 saturated heterocycles. The molecule has 44 heavy (non-hydrogen) atoms. The predicted molar refractivity (Wildman–Crippen MR) is 159 cm³/mol. The molecule has 1 atom stereocenters. The molecule has 1 aliphatic rings. The van der Waals surface area contributed by atoms with Gasteiger partial charge >= 0.3 is 11.9 Å². The van der Waals surface area contributed by atoms with Crippen LogP contribution >= 0.6 is 0 Å². The van der Waals surface area contributed by atoms with Crippen molar-refractivity contribution >= 4 is 17.6 Å². The number of hydrogen-bond donors (Lipinski definition) is 4. The summed E-state index contributed by atoms with van der Waals surface area (Å²) < 4.78 is 11.5. The number of nitrogens with zero attached hydrogens (tertiary/aromatic N) is 3. The Labute approximate surface area is 254 Å². The zero-order chi connectivity index (χ0) is 32.6. The fourth-order valence-electron chi connectivity index (χ4n) is 5.32. The SMILES string of the molecule is CC1=C(C(=O)O)C(C)(c2cc([N+](=O)[O-])ccc2OCCCCNCC(O)COc2ccccc2C#N)C(C(=O)O)=C(C)N1C. The molecule has 1 unspecified atom stereocenters. The van der Waals surface area contributed by atoms with Crippen LogP contribution in [-0.2, 0) is 15.0 Å². The van der Waals surface area contributed by atoms with Crippen LogP contribution in [0.25, 0.3) is 0 Å². The van der Waals surface area contributed by atoms with E-state index in [1.54, 1.807) is 45.2 Å². The Balaban J connectivity index is 1.69. The largest absolute Gasteiger partial charge is 0.493 e. The second-order valence-electron chi connectivity index (χ2n) is 10.5. The van der Waals surface area contributed by atoms with E-state index in [1.807, 2.05) is 6.07 Å².